The van der Waals surface area contributed by atoms with Gasteiger partial charge in [0.1, 0.15) is 6.10 Å². The number of thioether (sulfide) groups is 1. The Morgan fingerprint density at radius 2 is 2.44 bits per heavy atom. The van der Waals surface area contributed by atoms with E-state index in [0.717, 1.165) is 10.6 Å². The summed E-state index contributed by atoms with van der Waals surface area (Å²) in [5, 5.41) is 18.5. The number of anilines is 1. The quantitative estimate of drug-likeness (QED) is 0.706. The molecule has 0 fully saturated rings. The first-order valence-corrected chi connectivity index (χ1v) is 6.53. The van der Waals surface area contributed by atoms with Crippen molar-refractivity contribution in [1.82, 2.24) is 10.2 Å². The van der Waals surface area contributed by atoms with Crippen molar-refractivity contribution in [2.75, 3.05) is 18.1 Å². The highest BCUT2D eigenvalue weighted by molar-refractivity contribution is 7.98. The molecule has 0 saturated carbocycles. The number of nitrogens with zero attached hydrogens (tertiary/aromatic N) is 1. The zero-order valence-electron chi connectivity index (χ0n) is 9.71. The van der Waals surface area contributed by atoms with E-state index in [1.54, 1.807) is 11.8 Å². The van der Waals surface area contributed by atoms with Gasteiger partial charge in [-0.25, -0.2) is 9.89 Å². The zero-order chi connectivity index (χ0) is 13.0. The molecule has 96 valence electrons. The van der Waals surface area contributed by atoms with Crippen LogP contribution in [0.2, 0.25) is 0 Å². The summed E-state index contributed by atoms with van der Waals surface area (Å²) in [6.07, 6.45) is 1.02. The molecule has 1 atom stereocenters. The van der Waals surface area contributed by atoms with Crippen LogP contribution >= 0.6 is 11.8 Å². The molecule has 0 amide bonds. The number of aromatic amines is 1. The van der Waals surface area contributed by atoms with Crippen molar-refractivity contribution in [2.24, 2.45) is 0 Å². The Balaban J connectivity index is 1.96. The smallest absolute Gasteiger partial charge is 0.390 e. The fourth-order valence-electron chi connectivity index (χ4n) is 1.42. The monoisotopic (exact) mass is 267 g/mol. The molecule has 1 aromatic carbocycles. The predicted octanol–water partition coefficient (Wildman–Crippen LogP) is 1.23. The van der Waals surface area contributed by atoms with Crippen LogP contribution in [0.25, 0.3) is 0 Å². The average molecular weight is 267 g/mol. The molecule has 1 aromatic heterocycles. The molecule has 3 N–H and O–H groups in total. The van der Waals surface area contributed by atoms with Gasteiger partial charge in [-0.05, 0) is 24.5 Å². The van der Waals surface area contributed by atoms with Gasteiger partial charge < -0.3 is 14.8 Å². The minimum atomic E-state index is -0.970. The third kappa shape index (κ3) is 3.14. The Morgan fingerprint density at radius 1 is 1.61 bits per heavy atom. The number of rotatable bonds is 5. The standard InChI is InChI=1S/C11H13N3O3S/c1-18-8-4-2-3-7(5-8)12-6-9(15)10-13-14-11(16)17-10/h2-5,9,12,15H,6H2,1H3,(H,14,16). The number of aliphatic hydroxyl groups is 1. The molecule has 0 bridgehead atoms. The molecule has 1 heterocycles. The van der Waals surface area contributed by atoms with Crippen molar-refractivity contribution < 1.29 is 9.52 Å². The highest BCUT2D eigenvalue weighted by atomic mass is 32.2. The number of H-pyrrole nitrogens is 1. The largest absolute Gasteiger partial charge is 0.434 e. The predicted molar refractivity (Wildman–Crippen MR) is 68.8 cm³/mol. The number of hydrogen-bond acceptors (Lipinski definition) is 6. The fraction of sp³-hybridized carbons (Fsp3) is 0.273. The summed E-state index contributed by atoms with van der Waals surface area (Å²) in [6, 6.07) is 7.79. The maximum absolute atomic E-state index is 10.7. The van der Waals surface area contributed by atoms with Crippen molar-refractivity contribution >= 4 is 17.4 Å². The molecule has 2 rings (SSSR count). The molecule has 0 aliphatic heterocycles. The molecule has 0 spiro atoms. The number of aliphatic hydroxyl groups excluding tert-OH is 1. The summed E-state index contributed by atoms with van der Waals surface area (Å²) in [5.74, 6) is -0.693. The van der Waals surface area contributed by atoms with E-state index in [1.807, 2.05) is 30.5 Å². The van der Waals surface area contributed by atoms with Gasteiger partial charge in [0.2, 0.25) is 5.89 Å². The number of aromatic nitrogens is 2. The minimum absolute atomic E-state index is 0.0199. The Kier molecular flexibility index (Phi) is 4.06. The lowest BCUT2D eigenvalue weighted by Crippen LogP contribution is -2.12. The van der Waals surface area contributed by atoms with Crippen molar-refractivity contribution in [3.05, 3.63) is 40.7 Å². The summed E-state index contributed by atoms with van der Waals surface area (Å²) >= 11 is 1.64. The van der Waals surface area contributed by atoms with Crippen LogP contribution < -0.4 is 11.1 Å². The Labute approximate surface area is 107 Å². The van der Waals surface area contributed by atoms with Crippen LogP contribution in [0.1, 0.15) is 12.0 Å². The van der Waals surface area contributed by atoms with Crippen LogP contribution in [-0.2, 0) is 0 Å². The van der Waals surface area contributed by atoms with Gasteiger partial charge in [-0.3, -0.25) is 0 Å². The van der Waals surface area contributed by atoms with Gasteiger partial charge >= 0.3 is 5.76 Å². The molecule has 18 heavy (non-hydrogen) atoms. The molecule has 6 nitrogen and oxygen atoms in total. The lowest BCUT2D eigenvalue weighted by molar-refractivity contribution is 0.154. The minimum Gasteiger partial charge on any atom is -0.390 e. The first-order chi connectivity index (χ1) is 8.69. The Morgan fingerprint density at radius 3 is 3.11 bits per heavy atom. The van der Waals surface area contributed by atoms with E-state index < -0.39 is 11.9 Å². The molecule has 0 aliphatic rings. The van der Waals surface area contributed by atoms with Crippen LogP contribution in [0.5, 0.6) is 0 Å². The fourth-order valence-corrected chi connectivity index (χ4v) is 1.88. The van der Waals surface area contributed by atoms with E-state index in [4.69, 9.17) is 0 Å². The molecular formula is C11H13N3O3S. The molecular weight excluding hydrogens is 254 g/mol. The van der Waals surface area contributed by atoms with Gasteiger partial charge in [-0.1, -0.05) is 6.07 Å². The molecule has 1 unspecified atom stereocenters. The van der Waals surface area contributed by atoms with Gasteiger partial charge in [0, 0.05) is 17.1 Å². The topological polar surface area (TPSA) is 91.1 Å². The van der Waals surface area contributed by atoms with Gasteiger partial charge in [-0.2, -0.15) is 0 Å². The first-order valence-electron chi connectivity index (χ1n) is 5.30. The van der Waals surface area contributed by atoms with Crippen LogP contribution in [0.4, 0.5) is 5.69 Å². The second-order valence-corrected chi connectivity index (χ2v) is 4.46. The summed E-state index contributed by atoms with van der Waals surface area (Å²) in [7, 11) is 0. The van der Waals surface area contributed by atoms with Crippen molar-refractivity contribution in [1.29, 1.82) is 0 Å². The van der Waals surface area contributed by atoms with Gasteiger partial charge in [0.15, 0.2) is 0 Å². The SMILES string of the molecule is CSc1cccc(NCC(O)c2n[nH]c(=O)o2)c1. The second-order valence-electron chi connectivity index (χ2n) is 3.58. The normalized spacial score (nSPS) is 12.3. The maximum atomic E-state index is 10.7. The summed E-state index contributed by atoms with van der Waals surface area (Å²) in [6.45, 7) is 0.214. The molecule has 0 aliphatic carbocycles. The molecule has 7 heteroatoms. The highest BCUT2D eigenvalue weighted by Gasteiger charge is 2.13. The zero-order valence-corrected chi connectivity index (χ0v) is 10.5. The molecule has 0 saturated heterocycles. The van der Waals surface area contributed by atoms with Crippen LogP contribution in [-0.4, -0.2) is 28.1 Å². The molecule has 0 radical (unpaired) electrons. The third-order valence-corrected chi connectivity index (χ3v) is 3.03. The van der Waals surface area contributed by atoms with E-state index in [1.165, 1.54) is 0 Å². The third-order valence-electron chi connectivity index (χ3n) is 2.31. The maximum Gasteiger partial charge on any atom is 0.434 e. The van der Waals surface area contributed by atoms with E-state index in [0.29, 0.717) is 0 Å². The van der Waals surface area contributed by atoms with Crippen LogP contribution in [0, 0.1) is 0 Å². The molecule has 2 aromatic rings. The second kappa shape index (κ2) is 5.74. The van der Waals surface area contributed by atoms with Crippen molar-refractivity contribution in [3.63, 3.8) is 0 Å². The van der Waals surface area contributed by atoms with Gasteiger partial charge in [-0.15, -0.1) is 16.9 Å². The Hall–Kier alpha value is -1.73. The number of hydrogen-bond donors (Lipinski definition) is 3. The van der Waals surface area contributed by atoms with Gasteiger partial charge in [0.25, 0.3) is 0 Å². The average Bonchev–Trinajstić information content (AvgIpc) is 2.83. The van der Waals surface area contributed by atoms with Crippen molar-refractivity contribution in [3.8, 4) is 0 Å². The highest BCUT2D eigenvalue weighted by Crippen LogP contribution is 2.19. The lowest BCUT2D eigenvalue weighted by atomic mass is 10.3. The van der Waals surface area contributed by atoms with E-state index in [2.05, 4.69) is 19.9 Å². The number of nitrogens with one attached hydrogen (secondary N) is 2. The summed E-state index contributed by atoms with van der Waals surface area (Å²) in [4.78, 5) is 11.9. The summed E-state index contributed by atoms with van der Waals surface area (Å²) in [5.41, 5.74) is 0.888. The first kappa shape index (κ1) is 12.7. The van der Waals surface area contributed by atoms with Crippen molar-refractivity contribution in [2.45, 2.75) is 11.0 Å². The van der Waals surface area contributed by atoms with E-state index in [-0.39, 0.29) is 12.4 Å². The summed E-state index contributed by atoms with van der Waals surface area (Å²) < 4.78 is 4.66. The lowest BCUT2D eigenvalue weighted by Gasteiger charge is -2.10. The number of benzene rings is 1. The Bertz CT molecular complexity index is 566. The van der Waals surface area contributed by atoms with Crippen LogP contribution in [0.3, 0.4) is 0 Å². The van der Waals surface area contributed by atoms with Crippen LogP contribution in [0.15, 0.2) is 38.4 Å². The van der Waals surface area contributed by atoms with E-state index >= 15 is 0 Å². The van der Waals surface area contributed by atoms with Gasteiger partial charge in [0.05, 0.1) is 0 Å². The van der Waals surface area contributed by atoms with E-state index in [9.17, 15) is 9.90 Å².